The Morgan fingerprint density at radius 2 is 1.55 bits per heavy atom. The first kappa shape index (κ1) is 18.9. The molecule has 5 nitrogen and oxygen atoms in total. The van der Waals surface area contributed by atoms with Crippen molar-refractivity contribution in [2.45, 2.75) is 19.4 Å². The highest BCUT2D eigenvalue weighted by Gasteiger charge is 2.21. The first-order valence-electron chi connectivity index (χ1n) is 9.78. The summed E-state index contributed by atoms with van der Waals surface area (Å²) in [5.41, 5.74) is 3.58. The fourth-order valence-electron chi connectivity index (χ4n) is 3.22. The van der Waals surface area contributed by atoms with Gasteiger partial charge in [0, 0.05) is 23.9 Å². The first-order chi connectivity index (χ1) is 14.2. The summed E-state index contributed by atoms with van der Waals surface area (Å²) >= 11 is 0. The molecule has 5 heteroatoms. The van der Waals surface area contributed by atoms with Crippen molar-refractivity contribution in [1.29, 1.82) is 0 Å². The quantitative estimate of drug-likeness (QED) is 0.649. The van der Waals surface area contributed by atoms with Gasteiger partial charge in [0.05, 0.1) is 13.2 Å². The molecular formula is C24H24N2O3. The molecule has 3 aromatic rings. The molecule has 0 spiro atoms. The van der Waals surface area contributed by atoms with Crippen molar-refractivity contribution < 1.29 is 14.3 Å². The van der Waals surface area contributed by atoms with E-state index in [4.69, 9.17) is 9.47 Å². The lowest BCUT2D eigenvalue weighted by atomic mass is 10.1. The van der Waals surface area contributed by atoms with E-state index in [1.54, 1.807) is 0 Å². The highest BCUT2D eigenvalue weighted by Crippen LogP contribution is 2.33. The Morgan fingerprint density at radius 1 is 0.862 bits per heavy atom. The molecule has 148 valence electrons. The molecule has 1 aliphatic rings. The molecule has 1 aliphatic heterocycles. The lowest BCUT2D eigenvalue weighted by molar-refractivity contribution is -0.117. The smallest absolute Gasteiger partial charge is 0.251 e. The Morgan fingerprint density at radius 3 is 2.31 bits per heavy atom. The average molecular weight is 388 g/mol. The van der Waals surface area contributed by atoms with Gasteiger partial charge >= 0.3 is 0 Å². The van der Waals surface area contributed by atoms with Crippen LogP contribution in [0.25, 0.3) is 0 Å². The predicted octanol–water partition coefficient (Wildman–Crippen LogP) is 4.95. The number of anilines is 2. The number of amides is 1. The second kappa shape index (κ2) is 8.69. The molecule has 4 rings (SSSR count). The number of ether oxygens (including phenoxy) is 2. The van der Waals surface area contributed by atoms with E-state index in [2.05, 4.69) is 10.6 Å². The maximum absolute atomic E-state index is 13.1. The van der Waals surface area contributed by atoms with Crippen molar-refractivity contribution in [3.05, 3.63) is 83.9 Å². The Kier molecular flexibility index (Phi) is 5.66. The zero-order valence-corrected chi connectivity index (χ0v) is 16.4. The van der Waals surface area contributed by atoms with Crippen LogP contribution in [0.2, 0.25) is 0 Å². The van der Waals surface area contributed by atoms with Gasteiger partial charge in [-0.05, 0) is 36.8 Å². The van der Waals surface area contributed by atoms with E-state index < -0.39 is 6.04 Å². The molecule has 3 aromatic carbocycles. The molecule has 0 radical (unpaired) electrons. The number of hydrogen-bond donors (Lipinski definition) is 2. The molecule has 0 aliphatic carbocycles. The third-order valence-corrected chi connectivity index (χ3v) is 4.77. The Labute approximate surface area is 170 Å². The van der Waals surface area contributed by atoms with Crippen LogP contribution in [-0.4, -0.2) is 19.1 Å². The number of benzene rings is 3. The molecule has 1 heterocycles. The summed E-state index contributed by atoms with van der Waals surface area (Å²) < 4.78 is 11.5. The number of rotatable bonds is 5. The van der Waals surface area contributed by atoms with E-state index in [1.165, 1.54) is 0 Å². The number of nitrogens with one attached hydrogen (secondary N) is 2. The Balaban J connectivity index is 1.58. The third kappa shape index (κ3) is 4.69. The molecule has 0 saturated heterocycles. The molecule has 2 N–H and O–H groups in total. The van der Waals surface area contributed by atoms with Crippen LogP contribution in [0.4, 0.5) is 11.4 Å². The van der Waals surface area contributed by atoms with Crippen LogP contribution in [0.5, 0.6) is 11.5 Å². The van der Waals surface area contributed by atoms with Crippen LogP contribution < -0.4 is 20.1 Å². The molecule has 0 bridgehead atoms. The topological polar surface area (TPSA) is 59.6 Å². The van der Waals surface area contributed by atoms with Crippen LogP contribution in [0.3, 0.4) is 0 Å². The monoisotopic (exact) mass is 388 g/mol. The average Bonchev–Trinajstić information content (AvgIpc) is 2.99. The second-order valence-corrected chi connectivity index (χ2v) is 7.06. The van der Waals surface area contributed by atoms with Gasteiger partial charge in [-0.3, -0.25) is 4.79 Å². The molecule has 1 amide bonds. The van der Waals surface area contributed by atoms with Crippen molar-refractivity contribution in [1.82, 2.24) is 0 Å². The highest BCUT2D eigenvalue weighted by molar-refractivity contribution is 5.97. The second-order valence-electron chi connectivity index (χ2n) is 7.06. The number of fused-ring (bicyclic) bond motifs is 1. The SMILES string of the molecule is Cc1ccc(NC(=O)C(Nc2ccc3c(c2)OCCCO3)c2ccccc2)cc1. The number of hydrogen-bond acceptors (Lipinski definition) is 4. The lowest BCUT2D eigenvalue weighted by Gasteiger charge is -2.21. The van der Waals surface area contributed by atoms with E-state index in [9.17, 15) is 4.79 Å². The van der Waals surface area contributed by atoms with Crippen molar-refractivity contribution in [2.24, 2.45) is 0 Å². The maximum Gasteiger partial charge on any atom is 0.251 e. The minimum absolute atomic E-state index is 0.132. The van der Waals surface area contributed by atoms with Gasteiger partial charge in [0.2, 0.25) is 0 Å². The largest absolute Gasteiger partial charge is 0.490 e. The minimum Gasteiger partial charge on any atom is -0.490 e. The van der Waals surface area contributed by atoms with Gasteiger partial charge in [0.25, 0.3) is 5.91 Å². The van der Waals surface area contributed by atoms with Crippen molar-refractivity contribution >= 4 is 17.3 Å². The number of carbonyl (C=O) groups is 1. The fraction of sp³-hybridized carbons (Fsp3) is 0.208. The van der Waals surface area contributed by atoms with Gasteiger partial charge < -0.3 is 20.1 Å². The summed E-state index contributed by atoms with van der Waals surface area (Å²) in [6, 6.07) is 22.6. The zero-order chi connectivity index (χ0) is 20.1. The van der Waals surface area contributed by atoms with Gasteiger partial charge in [-0.15, -0.1) is 0 Å². The normalized spacial score (nSPS) is 13.8. The molecule has 0 fully saturated rings. The van der Waals surface area contributed by atoms with Crippen LogP contribution >= 0.6 is 0 Å². The summed E-state index contributed by atoms with van der Waals surface area (Å²) in [6.45, 7) is 3.28. The van der Waals surface area contributed by atoms with Crippen LogP contribution in [0.1, 0.15) is 23.6 Å². The summed E-state index contributed by atoms with van der Waals surface area (Å²) in [4.78, 5) is 13.1. The lowest BCUT2D eigenvalue weighted by Crippen LogP contribution is -2.27. The third-order valence-electron chi connectivity index (χ3n) is 4.77. The van der Waals surface area contributed by atoms with Gasteiger partial charge in [-0.2, -0.15) is 0 Å². The standard InChI is InChI=1S/C24H24N2O3/c1-17-8-10-19(11-9-17)26-24(27)23(18-6-3-2-4-7-18)25-20-12-13-21-22(16-20)29-15-5-14-28-21/h2-4,6-13,16,23,25H,5,14-15H2,1H3,(H,26,27). The van der Waals surface area contributed by atoms with E-state index in [1.807, 2.05) is 79.7 Å². The predicted molar refractivity (Wildman–Crippen MR) is 115 cm³/mol. The molecule has 1 unspecified atom stereocenters. The van der Waals surface area contributed by atoms with Crippen molar-refractivity contribution in [2.75, 3.05) is 23.8 Å². The maximum atomic E-state index is 13.1. The van der Waals surface area contributed by atoms with E-state index in [0.29, 0.717) is 19.0 Å². The van der Waals surface area contributed by atoms with E-state index in [-0.39, 0.29) is 5.91 Å². The molecule has 0 saturated carbocycles. The molecule has 1 atom stereocenters. The first-order valence-corrected chi connectivity index (χ1v) is 9.78. The molecule has 0 aromatic heterocycles. The number of aryl methyl sites for hydroxylation is 1. The Bertz CT molecular complexity index is 971. The highest BCUT2D eigenvalue weighted by atomic mass is 16.5. The molecular weight excluding hydrogens is 364 g/mol. The zero-order valence-electron chi connectivity index (χ0n) is 16.4. The van der Waals surface area contributed by atoms with Crippen LogP contribution in [0, 0.1) is 6.92 Å². The number of carbonyl (C=O) groups excluding carboxylic acids is 1. The van der Waals surface area contributed by atoms with Crippen molar-refractivity contribution in [3.8, 4) is 11.5 Å². The van der Waals surface area contributed by atoms with Gasteiger partial charge in [-0.1, -0.05) is 48.0 Å². The van der Waals surface area contributed by atoms with Crippen LogP contribution in [-0.2, 0) is 4.79 Å². The van der Waals surface area contributed by atoms with Crippen LogP contribution in [0.15, 0.2) is 72.8 Å². The minimum atomic E-state index is -0.553. The van der Waals surface area contributed by atoms with Crippen molar-refractivity contribution in [3.63, 3.8) is 0 Å². The summed E-state index contributed by atoms with van der Waals surface area (Å²) in [5.74, 6) is 1.29. The van der Waals surface area contributed by atoms with E-state index in [0.717, 1.165) is 34.7 Å². The van der Waals surface area contributed by atoms with E-state index >= 15 is 0 Å². The summed E-state index contributed by atoms with van der Waals surface area (Å²) in [6.07, 6.45) is 0.850. The van der Waals surface area contributed by atoms with Gasteiger partial charge in [-0.25, -0.2) is 0 Å². The van der Waals surface area contributed by atoms with Gasteiger partial charge in [0.15, 0.2) is 11.5 Å². The summed E-state index contributed by atoms with van der Waals surface area (Å²) in [7, 11) is 0. The summed E-state index contributed by atoms with van der Waals surface area (Å²) in [5, 5.41) is 6.35. The fourth-order valence-corrected chi connectivity index (χ4v) is 3.22. The van der Waals surface area contributed by atoms with Gasteiger partial charge in [0.1, 0.15) is 6.04 Å². The Hall–Kier alpha value is -3.47. The molecule has 29 heavy (non-hydrogen) atoms.